The third kappa shape index (κ3) is 3.29. The van der Waals surface area contributed by atoms with E-state index in [0.717, 1.165) is 31.2 Å². The van der Waals surface area contributed by atoms with E-state index in [2.05, 4.69) is 39.6 Å². The molecule has 112 valence electrons. The minimum absolute atomic E-state index is 0.531. The fourth-order valence-corrected chi connectivity index (χ4v) is 3.18. The van der Waals surface area contributed by atoms with Crippen LogP contribution in [0.2, 0.25) is 0 Å². The van der Waals surface area contributed by atoms with E-state index in [4.69, 9.17) is 4.98 Å². The number of aromatic nitrogens is 4. The second-order valence-electron chi connectivity index (χ2n) is 6.06. The summed E-state index contributed by atoms with van der Waals surface area (Å²) in [7, 11) is 2.10. The Morgan fingerprint density at radius 1 is 1.24 bits per heavy atom. The summed E-state index contributed by atoms with van der Waals surface area (Å²) in [5, 5.41) is 0. The van der Waals surface area contributed by atoms with Crippen LogP contribution in [0.4, 0.5) is 0 Å². The number of aryl methyl sites for hydroxylation is 3. The molecule has 0 amide bonds. The van der Waals surface area contributed by atoms with Crippen LogP contribution < -0.4 is 0 Å². The summed E-state index contributed by atoms with van der Waals surface area (Å²) in [6, 6.07) is 0. The first-order chi connectivity index (χ1) is 10.1. The lowest BCUT2D eigenvalue weighted by Gasteiger charge is -2.32. The highest BCUT2D eigenvalue weighted by molar-refractivity contribution is 5.09. The van der Waals surface area contributed by atoms with Gasteiger partial charge >= 0.3 is 0 Å². The van der Waals surface area contributed by atoms with E-state index in [1.54, 1.807) is 0 Å². The van der Waals surface area contributed by atoms with Crippen LogP contribution in [0.15, 0.2) is 18.6 Å². The zero-order valence-electron chi connectivity index (χ0n) is 13.1. The zero-order valence-corrected chi connectivity index (χ0v) is 13.1. The quantitative estimate of drug-likeness (QED) is 0.867. The summed E-state index contributed by atoms with van der Waals surface area (Å²) in [6.45, 7) is 7.13. The van der Waals surface area contributed by atoms with Gasteiger partial charge in [-0.25, -0.2) is 15.0 Å². The monoisotopic (exact) mass is 285 g/mol. The summed E-state index contributed by atoms with van der Waals surface area (Å²) < 4.78 is 2.18. The minimum atomic E-state index is 0.531. The topological polar surface area (TPSA) is 46.8 Å². The van der Waals surface area contributed by atoms with Gasteiger partial charge in [0.1, 0.15) is 11.6 Å². The summed E-state index contributed by atoms with van der Waals surface area (Å²) in [5.74, 6) is 2.58. The number of imidazole rings is 1. The van der Waals surface area contributed by atoms with Gasteiger partial charge in [0.2, 0.25) is 0 Å². The molecule has 0 saturated carbocycles. The Kier molecular flexibility index (Phi) is 4.01. The lowest BCUT2D eigenvalue weighted by Crippen LogP contribution is -2.34. The van der Waals surface area contributed by atoms with Crippen molar-refractivity contribution in [1.82, 2.24) is 24.4 Å². The molecule has 0 unspecified atom stereocenters. The van der Waals surface area contributed by atoms with Crippen LogP contribution in [0.1, 0.15) is 41.7 Å². The molecular formula is C16H23N5. The molecule has 1 aliphatic heterocycles. The number of rotatable bonds is 3. The molecule has 2 aromatic rings. The molecule has 3 heterocycles. The van der Waals surface area contributed by atoms with Crippen LogP contribution in [0, 0.1) is 13.8 Å². The Hall–Kier alpha value is -1.75. The van der Waals surface area contributed by atoms with Gasteiger partial charge in [-0.1, -0.05) is 0 Å². The molecule has 1 aliphatic rings. The normalized spacial score (nSPS) is 19.9. The van der Waals surface area contributed by atoms with Crippen molar-refractivity contribution in [2.45, 2.75) is 39.2 Å². The molecule has 0 spiro atoms. The Morgan fingerprint density at radius 3 is 2.67 bits per heavy atom. The van der Waals surface area contributed by atoms with Crippen molar-refractivity contribution >= 4 is 0 Å². The van der Waals surface area contributed by atoms with Crippen LogP contribution in [0.25, 0.3) is 0 Å². The molecule has 1 fully saturated rings. The molecule has 0 bridgehead atoms. The van der Waals surface area contributed by atoms with Crippen molar-refractivity contribution in [1.29, 1.82) is 0 Å². The Balaban J connectivity index is 1.68. The molecule has 5 heteroatoms. The Morgan fingerprint density at radius 2 is 2.00 bits per heavy atom. The van der Waals surface area contributed by atoms with E-state index in [1.165, 1.54) is 24.2 Å². The average molecular weight is 285 g/mol. The second-order valence-corrected chi connectivity index (χ2v) is 6.06. The van der Waals surface area contributed by atoms with Crippen LogP contribution in [0.5, 0.6) is 0 Å². The highest BCUT2D eigenvalue weighted by atomic mass is 15.1. The number of hydrogen-bond donors (Lipinski definition) is 0. The van der Waals surface area contributed by atoms with Gasteiger partial charge in [0.15, 0.2) is 0 Å². The zero-order chi connectivity index (χ0) is 14.8. The standard InChI is InChI=1S/C16H23N5/c1-12-9-20(3)16(19-12)15-5-4-6-21(11-15)10-14-7-17-13(2)18-8-14/h7-9,15H,4-6,10-11H2,1-3H3/t15-/m0/s1. The smallest absolute Gasteiger partial charge is 0.125 e. The van der Waals surface area contributed by atoms with Crippen molar-refractivity contribution in [2.24, 2.45) is 7.05 Å². The summed E-state index contributed by atoms with van der Waals surface area (Å²) in [6.07, 6.45) is 8.45. The van der Waals surface area contributed by atoms with Crippen molar-refractivity contribution < 1.29 is 0 Å². The maximum atomic E-state index is 4.70. The van der Waals surface area contributed by atoms with Gasteiger partial charge in [-0.2, -0.15) is 0 Å². The number of piperidine rings is 1. The van der Waals surface area contributed by atoms with E-state index in [-0.39, 0.29) is 0 Å². The highest BCUT2D eigenvalue weighted by Gasteiger charge is 2.24. The van der Waals surface area contributed by atoms with Gasteiger partial charge in [0.05, 0.1) is 5.69 Å². The van der Waals surface area contributed by atoms with E-state index < -0.39 is 0 Å². The molecule has 5 nitrogen and oxygen atoms in total. The van der Waals surface area contributed by atoms with E-state index >= 15 is 0 Å². The second kappa shape index (κ2) is 5.93. The molecular weight excluding hydrogens is 262 g/mol. The molecule has 0 aromatic carbocycles. The van der Waals surface area contributed by atoms with Crippen LogP contribution in [-0.4, -0.2) is 37.5 Å². The van der Waals surface area contributed by atoms with Crippen molar-refractivity contribution in [2.75, 3.05) is 13.1 Å². The lowest BCUT2D eigenvalue weighted by molar-refractivity contribution is 0.195. The van der Waals surface area contributed by atoms with Crippen molar-refractivity contribution in [3.05, 3.63) is 41.5 Å². The molecule has 0 radical (unpaired) electrons. The first kappa shape index (κ1) is 14.2. The maximum absolute atomic E-state index is 4.70. The number of nitrogens with zero attached hydrogens (tertiary/aromatic N) is 5. The van der Waals surface area contributed by atoms with Crippen molar-refractivity contribution in [3.63, 3.8) is 0 Å². The predicted octanol–water partition coefficient (Wildman–Crippen LogP) is 2.21. The van der Waals surface area contributed by atoms with Crippen molar-refractivity contribution in [3.8, 4) is 0 Å². The molecule has 2 aromatic heterocycles. The van der Waals surface area contributed by atoms with Gasteiger partial charge < -0.3 is 4.57 Å². The van der Waals surface area contributed by atoms with Gasteiger partial charge in [-0.15, -0.1) is 0 Å². The van der Waals surface area contributed by atoms with Gasteiger partial charge in [0, 0.05) is 50.2 Å². The lowest BCUT2D eigenvalue weighted by atomic mass is 9.97. The highest BCUT2D eigenvalue weighted by Crippen LogP contribution is 2.26. The average Bonchev–Trinajstić information content (AvgIpc) is 2.81. The Labute approximate surface area is 126 Å². The Bertz CT molecular complexity index is 602. The predicted molar refractivity (Wildman–Crippen MR) is 82.0 cm³/mol. The first-order valence-corrected chi connectivity index (χ1v) is 7.61. The molecule has 1 atom stereocenters. The fraction of sp³-hybridized carbons (Fsp3) is 0.562. The fourth-order valence-electron chi connectivity index (χ4n) is 3.18. The molecule has 21 heavy (non-hydrogen) atoms. The maximum Gasteiger partial charge on any atom is 0.125 e. The van der Waals surface area contributed by atoms with Crippen LogP contribution >= 0.6 is 0 Å². The van der Waals surface area contributed by atoms with E-state index in [9.17, 15) is 0 Å². The van der Waals surface area contributed by atoms with E-state index in [0.29, 0.717) is 5.92 Å². The minimum Gasteiger partial charge on any atom is -0.337 e. The summed E-state index contributed by atoms with van der Waals surface area (Å²) in [4.78, 5) is 15.8. The first-order valence-electron chi connectivity index (χ1n) is 7.61. The van der Waals surface area contributed by atoms with Crippen LogP contribution in [-0.2, 0) is 13.6 Å². The van der Waals surface area contributed by atoms with Crippen LogP contribution in [0.3, 0.4) is 0 Å². The van der Waals surface area contributed by atoms with E-state index in [1.807, 2.05) is 19.3 Å². The number of hydrogen-bond acceptors (Lipinski definition) is 4. The molecule has 0 N–H and O–H groups in total. The molecule has 0 aliphatic carbocycles. The van der Waals surface area contributed by atoms with Gasteiger partial charge in [-0.3, -0.25) is 4.90 Å². The molecule has 1 saturated heterocycles. The third-order valence-corrected chi connectivity index (χ3v) is 4.14. The van der Waals surface area contributed by atoms with Gasteiger partial charge in [-0.05, 0) is 33.2 Å². The van der Waals surface area contributed by atoms with Gasteiger partial charge in [0.25, 0.3) is 0 Å². The summed E-state index contributed by atoms with van der Waals surface area (Å²) in [5.41, 5.74) is 2.30. The third-order valence-electron chi connectivity index (χ3n) is 4.14. The summed E-state index contributed by atoms with van der Waals surface area (Å²) >= 11 is 0. The molecule has 3 rings (SSSR count). The number of likely N-dealkylation sites (tertiary alicyclic amines) is 1. The SMILES string of the molecule is Cc1cn(C)c([C@H]2CCCN(Cc3cnc(C)nc3)C2)n1. The largest absolute Gasteiger partial charge is 0.337 e.